The Morgan fingerprint density at radius 2 is 1.51 bits per heavy atom. The van der Waals surface area contributed by atoms with Gasteiger partial charge in [0.2, 0.25) is 0 Å². The molecule has 22 atom stereocenters. The number of nitrogens with zero attached hydrogens (tertiary/aromatic N) is 1. The minimum atomic E-state index is -1.49. The molecule has 0 aromatic carbocycles. The highest BCUT2D eigenvalue weighted by Gasteiger charge is 2.52. The number of esters is 1. The van der Waals surface area contributed by atoms with Crippen molar-refractivity contribution in [2.45, 2.75) is 204 Å². The number of aldehydes is 1. The molecule has 0 aromatic heterocycles. The Morgan fingerprint density at radius 1 is 0.900 bits per heavy atom. The van der Waals surface area contributed by atoms with Gasteiger partial charge in [0.15, 0.2) is 24.7 Å². The van der Waals surface area contributed by atoms with Crippen molar-refractivity contribution in [1.82, 2.24) is 4.90 Å². The Labute approximate surface area is 412 Å². The summed E-state index contributed by atoms with van der Waals surface area (Å²) in [6.07, 6.45) is -9.72. The molecule has 4 rings (SSSR count). The molecule has 21 heteroatoms. The number of likely N-dealkylation sites (N-methyl/N-ethyl adjacent to an activating group) is 1. The molecule has 4 heterocycles. The van der Waals surface area contributed by atoms with Crippen molar-refractivity contribution in [1.29, 1.82) is 0 Å². The Hall–Kier alpha value is -2.84. The number of ketones is 1. The van der Waals surface area contributed by atoms with E-state index in [1.807, 2.05) is 19.9 Å². The quantitative estimate of drug-likeness (QED) is 0.0953. The molecule has 0 saturated carbocycles. The number of aliphatic hydroxyl groups excluding tert-OH is 5. The van der Waals surface area contributed by atoms with E-state index in [1.54, 1.807) is 59.7 Å². The number of hydrogen-bond acceptors (Lipinski definition) is 20. The van der Waals surface area contributed by atoms with E-state index in [1.165, 1.54) is 34.1 Å². The zero-order valence-corrected chi connectivity index (χ0v) is 43.1. The van der Waals surface area contributed by atoms with Crippen molar-refractivity contribution in [2.75, 3.05) is 34.9 Å². The van der Waals surface area contributed by atoms with Gasteiger partial charge in [-0.15, -0.1) is 0 Å². The number of rotatable bonds is 14. The average Bonchev–Trinajstić information content (AvgIpc) is 3.28. The van der Waals surface area contributed by atoms with Gasteiger partial charge >= 0.3 is 11.9 Å². The molecule has 7 N–H and O–H groups in total. The largest absolute Gasteiger partial charge is 0.479 e. The molecule has 0 aromatic rings. The van der Waals surface area contributed by atoms with Crippen LogP contribution in [0.25, 0.3) is 0 Å². The number of aliphatic hydroxyl groups is 6. The lowest BCUT2D eigenvalue weighted by molar-refractivity contribution is -0.341. The van der Waals surface area contributed by atoms with Gasteiger partial charge in [-0.05, 0) is 80.5 Å². The van der Waals surface area contributed by atoms with Gasteiger partial charge in [-0.1, -0.05) is 38.5 Å². The van der Waals surface area contributed by atoms with Crippen molar-refractivity contribution >= 4 is 24.0 Å². The summed E-state index contributed by atoms with van der Waals surface area (Å²) in [6.45, 7) is 14.8. The van der Waals surface area contributed by atoms with Crippen LogP contribution in [-0.2, 0) is 61.8 Å². The van der Waals surface area contributed by atoms with Crippen LogP contribution in [0.1, 0.15) is 94.4 Å². The normalized spacial score (nSPS) is 43.2. The zero-order chi connectivity index (χ0) is 52.9. The summed E-state index contributed by atoms with van der Waals surface area (Å²) in [6, 6.07) is -0.748. The number of aliphatic carboxylic acids is 1. The van der Waals surface area contributed by atoms with E-state index in [4.69, 9.17) is 52.8 Å². The summed E-state index contributed by atoms with van der Waals surface area (Å²) < 4.78 is 54.7. The van der Waals surface area contributed by atoms with Crippen LogP contribution in [0.2, 0.25) is 0 Å². The molecule has 4 aliphatic heterocycles. The van der Waals surface area contributed by atoms with Gasteiger partial charge in [0, 0.05) is 44.8 Å². The number of carbonyl (C=O) groups is 4. The van der Waals surface area contributed by atoms with Gasteiger partial charge in [-0.2, -0.15) is 0 Å². The first-order valence-electron chi connectivity index (χ1n) is 24.2. The van der Waals surface area contributed by atoms with Crippen LogP contribution < -0.4 is 0 Å². The van der Waals surface area contributed by atoms with Gasteiger partial charge in [-0.3, -0.25) is 9.59 Å². The maximum absolute atomic E-state index is 13.8. The van der Waals surface area contributed by atoms with E-state index in [2.05, 4.69) is 0 Å². The number of ether oxygens (including phenoxy) is 9. The van der Waals surface area contributed by atoms with Gasteiger partial charge in [0.05, 0.1) is 55.2 Å². The minimum absolute atomic E-state index is 0.00788. The van der Waals surface area contributed by atoms with Crippen LogP contribution in [0.5, 0.6) is 0 Å². The lowest BCUT2D eigenvalue weighted by Gasteiger charge is -2.50. The molecule has 0 bridgehead atoms. The number of allylic oxidation sites excluding steroid dienone is 3. The van der Waals surface area contributed by atoms with Gasteiger partial charge in [-0.25, -0.2) is 4.79 Å². The molecule has 21 nitrogen and oxygen atoms in total. The lowest BCUT2D eigenvalue weighted by Crippen LogP contribution is -2.65. The van der Waals surface area contributed by atoms with E-state index in [-0.39, 0.29) is 31.7 Å². The highest BCUT2D eigenvalue weighted by Crippen LogP contribution is 2.37. The second-order valence-electron chi connectivity index (χ2n) is 19.8. The van der Waals surface area contributed by atoms with E-state index in [0.717, 1.165) is 6.29 Å². The molecular weight excluding hydrogens is 923 g/mol. The molecule has 404 valence electrons. The monoisotopic (exact) mass is 1010 g/mol. The second-order valence-corrected chi connectivity index (χ2v) is 19.8. The number of carboxylic acid groups (broad SMARTS) is 1. The number of methoxy groups -OCH3 is 2. The average molecular weight is 1010 g/mol. The van der Waals surface area contributed by atoms with E-state index < -0.39 is 152 Å². The summed E-state index contributed by atoms with van der Waals surface area (Å²) in [5, 5.41) is 71.5. The van der Waals surface area contributed by atoms with Crippen LogP contribution in [0.3, 0.4) is 0 Å². The van der Waals surface area contributed by atoms with Crippen molar-refractivity contribution in [3.8, 4) is 0 Å². The summed E-state index contributed by atoms with van der Waals surface area (Å²) in [5.41, 5.74) is -0.806. The molecule has 0 radical (unpaired) electrons. The van der Waals surface area contributed by atoms with Crippen LogP contribution in [0.4, 0.5) is 0 Å². The Balaban J connectivity index is 0.00000202. The number of cyclic esters (lactones) is 1. The number of carboxylic acids is 1. The molecule has 0 amide bonds. The predicted molar refractivity (Wildman–Crippen MR) is 250 cm³/mol. The Morgan fingerprint density at radius 3 is 2.06 bits per heavy atom. The topological polar surface area (TPSA) is 296 Å². The molecule has 3 saturated heterocycles. The van der Waals surface area contributed by atoms with Gasteiger partial charge < -0.3 is 88.1 Å². The summed E-state index contributed by atoms with van der Waals surface area (Å²) >= 11 is 0. The summed E-state index contributed by atoms with van der Waals surface area (Å²) in [5.74, 6) is -4.77. The first-order valence-corrected chi connectivity index (χ1v) is 24.2. The lowest BCUT2D eigenvalue weighted by atomic mass is 9.79. The van der Waals surface area contributed by atoms with Crippen LogP contribution in [-0.4, -0.2) is 209 Å². The number of carbonyl (C=O) groups excluding carboxylic acids is 3. The third-order valence-corrected chi connectivity index (χ3v) is 13.8. The van der Waals surface area contributed by atoms with Crippen molar-refractivity contribution in [2.24, 2.45) is 23.7 Å². The smallest absolute Gasteiger partial charge is 0.332 e. The first kappa shape index (κ1) is 61.5. The zero-order valence-electron chi connectivity index (χ0n) is 43.1. The fourth-order valence-electron chi connectivity index (χ4n) is 9.51. The first-order chi connectivity index (χ1) is 32.7. The molecule has 70 heavy (non-hydrogen) atoms. The summed E-state index contributed by atoms with van der Waals surface area (Å²) in [7, 11) is 6.43. The minimum Gasteiger partial charge on any atom is -0.479 e. The third kappa shape index (κ3) is 16.6. The molecule has 4 aliphatic rings. The van der Waals surface area contributed by atoms with Crippen LogP contribution in [0.15, 0.2) is 23.8 Å². The van der Waals surface area contributed by atoms with E-state index in [0.29, 0.717) is 12.0 Å². The fraction of sp³-hybridized carbons (Fsp3) is 0.837. The molecule has 1 unspecified atom stereocenters. The van der Waals surface area contributed by atoms with E-state index in [9.17, 15) is 44.7 Å². The summed E-state index contributed by atoms with van der Waals surface area (Å²) in [4.78, 5) is 51.0. The third-order valence-electron chi connectivity index (χ3n) is 13.8. The van der Waals surface area contributed by atoms with Crippen molar-refractivity contribution in [3.63, 3.8) is 0 Å². The highest BCUT2D eigenvalue weighted by atomic mass is 16.7. The SMILES string of the molecule is CC(O)C(=O)O.CC[C@H]1OC(=O)C[C@@H](O)[C@H](C)[C@@H](O[C@@H]2O[C@H](C)[C@@H](O[C@H]3C[C@@](C)(O)[C@@H](O)[C@H](C)O3)[C@H](N(C)C)[C@H]2O)[C@@H](CC=O)C[C@@H](C)C(=O)/C=C/C(C)=C/[C@@H]1CO[C@@H]1O[C@H](C)[C@@H](O)[C@@H](OC)[C@H]1OC. The predicted octanol–water partition coefficient (Wildman–Crippen LogP) is 1.29. The molecule has 3 fully saturated rings. The van der Waals surface area contributed by atoms with E-state index >= 15 is 0 Å². The molecular formula is C49H83NO20. The van der Waals surface area contributed by atoms with Crippen molar-refractivity contribution < 1.29 is 97.6 Å². The van der Waals surface area contributed by atoms with Gasteiger partial charge in [0.25, 0.3) is 0 Å². The Kier molecular flexibility index (Phi) is 24.6. The highest BCUT2D eigenvalue weighted by molar-refractivity contribution is 5.91. The van der Waals surface area contributed by atoms with Crippen LogP contribution >= 0.6 is 0 Å². The van der Waals surface area contributed by atoms with Crippen LogP contribution in [0, 0.1) is 23.7 Å². The Bertz CT molecular complexity index is 1710. The maximum Gasteiger partial charge on any atom is 0.332 e. The second kappa shape index (κ2) is 28.0. The molecule has 0 spiro atoms. The fourth-order valence-corrected chi connectivity index (χ4v) is 9.51. The van der Waals surface area contributed by atoms with Crippen molar-refractivity contribution in [3.05, 3.63) is 23.8 Å². The standard InChI is InChI=1S/C46H77NO17.C3H6O3/c1-13-33-30(22-58-45-42(57-12)41(56-11)37(52)26(5)60-45)18-23(2)14-15-31(49)24(3)19-29(16-17-48)39(25(4)32(50)20-34(51)62-33)64-44-38(53)36(47(9)10)40(27(6)61-44)63-35-21-46(8,55)43(54)28(7)59-35;1-2(4)3(5)6/h14-15,17-18,24-30,32-33,35-45,50,52-55H,13,16,19-22H2,1-12H3;2,4H,1H3,(H,5,6)/b15-14+,23-18+;/t24-,25+,26-,27-,28+,29+,30-,32-,33-,35+,36-,37-,38-,39-,40-,41-,42-,43+,44+,45-,46-;/m1./s1. The number of hydrogen-bond donors (Lipinski definition) is 7. The van der Waals surface area contributed by atoms with Gasteiger partial charge in [0.1, 0.15) is 55.1 Å². The maximum atomic E-state index is 13.8. The molecule has 0 aliphatic carbocycles.